The van der Waals surface area contributed by atoms with Crippen molar-refractivity contribution in [1.29, 1.82) is 0 Å². The first kappa shape index (κ1) is 20.1. The Kier molecular flexibility index (Phi) is 6.49. The first-order chi connectivity index (χ1) is 13.5. The van der Waals surface area contributed by atoms with Gasteiger partial charge in [-0.3, -0.25) is 14.4 Å². The summed E-state index contributed by atoms with van der Waals surface area (Å²) in [6.07, 6.45) is 0.756. The smallest absolute Gasteiger partial charge is 0.313 e. The lowest BCUT2D eigenvalue weighted by atomic mass is 10.0. The lowest BCUT2D eigenvalue weighted by Crippen LogP contribution is -2.16. The summed E-state index contributed by atoms with van der Waals surface area (Å²) in [5.41, 5.74) is 1.03. The van der Waals surface area contributed by atoms with Crippen LogP contribution in [0.15, 0.2) is 48.5 Å². The normalized spacial score (nSPS) is 10.8. The maximum absolute atomic E-state index is 13.1. The van der Waals surface area contributed by atoms with Crippen LogP contribution in [-0.4, -0.2) is 34.3 Å². The maximum atomic E-state index is 13.1. The quantitative estimate of drug-likeness (QED) is 0.533. The Morgan fingerprint density at radius 2 is 1.79 bits per heavy atom. The zero-order valence-corrected chi connectivity index (χ0v) is 16.9. The van der Waals surface area contributed by atoms with Crippen LogP contribution in [0.5, 0.6) is 0 Å². The van der Waals surface area contributed by atoms with Crippen LogP contribution in [0, 0.1) is 0 Å². The van der Waals surface area contributed by atoms with Crippen molar-refractivity contribution in [2.75, 3.05) is 16.8 Å². The van der Waals surface area contributed by atoms with E-state index in [9.17, 15) is 14.4 Å². The number of nitrogens with one attached hydrogen (secondary N) is 1. The van der Waals surface area contributed by atoms with E-state index < -0.39 is 5.97 Å². The molecule has 0 bridgehead atoms. The summed E-state index contributed by atoms with van der Waals surface area (Å²) in [5.74, 6) is -1.54. The monoisotopic (exact) mass is 413 g/mol. The molecule has 0 aliphatic carbocycles. The number of thioether (sulfide) groups is 1. The number of benzene rings is 2. The summed E-state index contributed by atoms with van der Waals surface area (Å²) < 4.78 is 0. The second-order valence-corrected chi connectivity index (χ2v) is 8.26. The van der Waals surface area contributed by atoms with Gasteiger partial charge in [-0.15, -0.1) is 23.1 Å². The van der Waals surface area contributed by atoms with Crippen LogP contribution in [0.25, 0.3) is 10.8 Å². The average molecular weight is 414 g/mol. The highest BCUT2D eigenvalue weighted by Gasteiger charge is 2.19. The third-order valence-electron chi connectivity index (χ3n) is 4.10. The number of carbonyl (C=O) groups is 3. The molecule has 144 valence electrons. The molecule has 2 aromatic carbocycles. The molecule has 0 aliphatic rings. The fourth-order valence-corrected chi connectivity index (χ4v) is 4.30. The van der Waals surface area contributed by atoms with Crippen molar-refractivity contribution in [3.8, 4) is 0 Å². The second-order valence-electron chi connectivity index (χ2n) is 6.13. The summed E-state index contributed by atoms with van der Waals surface area (Å²) in [5, 5.41) is 14.0. The number of carbonyl (C=O) groups excluding carboxylic acids is 2. The van der Waals surface area contributed by atoms with Gasteiger partial charge >= 0.3 is 5.97 Å². The van der Waals surface area contributed by atoms with E-state index in [1.54, 1.807) is 6.07 Å². The van der Waals surface area contributed by atoms with Crippen molar-refractivity contribution in [3.05, 3.63) is 64.5 Å². The van der Waals surface area contributed by atoms with E-state index >= 15 is 0 Å². The second kappa shape index (κ2) is 9.03. The third kappa shape index (κ3) is 4.79. The number of hydrogen-bond donors (Lipinski definition) is 2. The van der Waals surface area contributed by atoms with Crippen molar-refractivity contribution in [2.45, 2.75) is 13.3 Å². The molecular weight excluding hydrogens is 394 g/mol. The number of carboxylic acid groups (broad SMARTS) is 1. The van der Waals surface area contributed by atoms with Gasteiger partial charge in [-0.05, 0) is 29.3 Å². The molecule has 0 saturated heterocycles. The largest absolute Gasteiger partial charge is 0.481 e. The topological polar surface area (TPSA) is 83.5 Å². The molecule has 3 rings (SSSR count). The molecule has 5 nitrogen and oxygen atoms in total. The zero-order chi connectivity index (χ0) is 20.1. The van der Waals surface area contributed by atoms with Gasteiger partial charge in [0.15, 0.2) is 5.78 Å². The zero-order valence-electron chi connectivity index (χ0n) is 15.2. The lowest BCUT2D eigenvalue weighted by molar-refractivity contribution is -0.133. The van der Waals surface area contributed by atoms with Gasteiger partial charge in [-0.1, -0.05) is 43.3 Å². The number of thiophene rings is 1. The molecule has 0 spiro atoms. The molecule has 7 heteroatoms. The number of ketones is 1. The van der Waals surface area contributed by atoms with Gasteiger partial charge in [0.05, 0.1) is 17.1 Å². The molecule has 0 saturated carbocycles. The minimum absolute atomic E-state index is 0.0231. The number of rotatable bonds is 8. The highest BCUT2D eigenvalue weighted by Crippen LogP contribution is 2.31. The summed E-state index contributed by atoms with van der Waals surface area (Å²) >= 11 is 2.40. The molecule has 0 fully saturated rings. The van der Waals surface area contributed by atoms with E-state index in [0.29, 0.717) is 16.1 Å². The average Bonchev–Trinajstić information content (AvgIpc) is 3.09. The van der Waals surface area contributed by atoms with Gasteiger partial charge in [-0.2, -0.15) is 0 Å². The molecule has 0 unspecified atom stereocenters. The summed E-state index contributed by atoms with van der Waals surface area (Å²) in [6, 6.07) is 15.2. The van der Waals surface area contributed by atoms with Crippen LogP contribution >= 0.6 is 23.1 Å². The SMILES string of the molecule is CCc1cc(C(=O)c2ccc3ccccc3c2)c(NC(=O)CSCC(=O)O)s1. The lowest BCUT2D eigenvalue weighted by Gasteiger charge is -2.07. The summed E-state index contributed by atoms with van der Waals surface area (Å²) in [6.45, 7) is 1.99. The Morgan fingerprint density at radius 1 is 1.04 bits per heavy atom. The number of aliphatic carboxylic acids is 1. The van der Waals surface area contributed by atoms with Crippen LogP contribution in [0.2, 0.25) is 0 Å². The number of anilines is 1. The van der Waals surface area contributed by atoms with Crippen molar-refractivity contribution in [1.82, 2.24) is 0 Å². The Bertz CT molecular complexity index is 1040. The standard InChI is InChI=1S/C21H19NO4S2/c1-2-16-10-17(21(28-16)22-18(23)11-27-12-19(24)25)20(26)15-8-7-13-5-3-4-6-14(13)9-15/h3-10H,2,11-12H2,1H3,(H,22,23)(H,24,25). The third-order valence-corrected chi connectivity index (χ3v) is 6.21. The maximum Gasteiger partial charge on any atom is 0.313 e. The van der Waals surface area contributed by atoms with Crippen molar-refractivity contribution in [3.63, 3.8) is 0 Å². The first-order valence-corrected chi connectivity index (χ1v) is 10.7. The van der Waals surface area contributed by atoms with Gasteiger partial charge in [0.1, 0.15) is 5.00 Å². The Labute approximate surface area is 170 Å². The van der Waals surface area contributed by atoms with Crippen LogP contribution in [0.4, 0.5) is 5.00 Å². The Morgan fingerprint density at radius 3 is 2.50 bits per heavy atom. The van der Waals surface area contributed by atoms with Crippen LogP contribution in [0.3, 0.4) is 0 Å². The van der Waals surface area contributed by atoms with E-state index in [2.05, 4.69) is 5.32 Å². The molecule has 1 heterocycles. The highest BCUT2D eigenvalue weighted by molar-refractivity contribution is 8.00. The van der Waals surface area contributed by atoms with E-state index in [0.717, 1.165) is 33.8 Å². The Hall–Kier alpha value is -2.64. The van der Waals surface area contributed by atoms with Crippen LogP contribution in [-0.2, 0) is 16.0 Å². The number of hydrogen-bond acceptors (Lipinski definition) is 5. The van der Waals surface area contributed by atoms with Gasteiger partial charge < -0.3 is 10.4 Å². The minimum atomic E-state index is -0.964. The van der Waals surface area contributed by atoms with Gasteiger partial charge in [-0.25, -0.2) is 0 Å². The van der Waals surface area contributed by atoms with Gasteiger partial charge in [0, 0.05) is 10.4 Å². The Balaban J connectivity index is 1.83. The molecule has 28 heavy (non-hydrogen) atoms. The molecule has 0 atom stereocenters. The van der Waals surface area contributed by atoms with Crippen molar-refractivity contribution in [2.24, 2.45) is 0 Å². The predicted molar refractivity (Wildman–Crippen MR) is 115 cm³/mol. The fraction of sp³-hybridized carbons (Fsp3) is 0.190. The molecule has 2 N–H and O–H groups in total. The van der Waals surface area contributed by atoms with E-state index in [1.807, 2.05) is 49.4 Å². The number of amides is 1. The van der Waals surface area contributed by atoms with E-state index in [1.165, 1.54) is 11.3 Å². The molecule has 1 amide bonds. The van der Waals surface area contributed by atoms with Gasteiger partial charge in [0.25, 0.3) is 0 Å². The number of carboxylic acids is 1. The van der Waals surface area contributed by atoms with Crippen molar-refractivity contribution >= 4 is 56.5 Å². The molecule has 3 aromatic rings. The fourth-order valence-electron chi connectivity index (χ4n) is 2.76. The summed E-state index contributed by atoms with van der Waals surface area (Å²) in [7, 11) is 0. The van der Waals surface area contributed by atoms with E-state index in [-0.39, 0.29) is 23.2 Å². The molecular formula is C21H19NO4S2. The molecule has 0 aliphatic heterocycles. The van der Waals surface area contributed by atoms with Crippen LogP contribution in [0.1, 0.15) is 27.7 Å². The predicted octanol–water partition coefficient (Wildman–Crippen LogP) is 4.45. The number of fused-ring (bicyclic) bond motifs is 1. The first-order valence-electron chi connectivity index (χ1n) is 8.73. The van der Waals surface area contributed by atoms with E-state index in [4.69, 9.17) is 5.11 Å². The molecule has 0 radical (unpaired) electrons. The number of aryl methyl sites for hydroxylation is 1. The molecule has 1 aromatic heterocycles. The minimum Gasteiger partial charge on any atom is -0.481 e. The van der Waals surface area contributed by atoms with Crippen LogP contribution < -0.4 is 5.32 Å². The van der Waals surface area contributed by atoms with Crippen molar-refractivity contribution < 1.29 is 19.5 Å². The van der Waals surface area contributed by atoms with Gasteiger partial charge in [0.2, 0.25) is 5.91 Å². The summed E-state index contributed by atoms with van der Waals surface area (Å²) in [4.78, 5) is 36.8. The highest BCUT2D eigenvalue weighted by atomic mass is 32.2.